The van der Waals surface area contributed by atoms with Crippen molar-refractivity contribution in [3.8, 4) is 5.69 Å². The van der Waals surface area contributed by atoms with Crippen LogP contribution in [-0.2, 0) is 11.2 Å². The fourth-order valence-electron chi connectivity index (χ4n) is 3.62. The molecule has 2 N–H and O–H groups in total. The maximum atomic E-state index is 13.2. The molecule has 4 rings (SSSR count). The number of nitrogen functional groups attached to an aromatic ring is 1. The van der Waals surface area contributed by atoms with Crippen LogP contribution in [0.5, 0.6) is 0 Å². The van der Waals surface area contributed by atoms with Crippen molar-refractivity contribution in [2.45, 2.75) is 13.3 Å². The Hall–Kier alpha value is -3.74. The van der Waals surface area contributed by atoms with Gasteiger partial charge in [-0.05, 0) is 60.5 Å². The molecule has 0 radical (unpaired) electrons. The number of nitrogens with zero attached hydrogens (tertiary/aromatic N) is 2. The van der Waals surface area contributed by atoms with Gasteiger partial charge in [0.05, 0.1) is 11.3 Å². The molecule has 7 heteroatoms. The summed E-state index contributed by atoms with van der Waals surface area (Å²) in [5.74, 6) is -0.884. The molecule has 2 aromatic carbocycles. The van der Waals surface area contributed by atoms with Gasteiger partial charge in [-0.15, -0.1) is 0 Å². The number of amides is 1. The SMILES string of the molecule is CC(=O)N1CCc2cc(-n3c(N)c(C(=O)c4ccc(F)cc4)ccc3=O)ccc21. The van der Waals surface area contributed by atoms with Crippen LogP contribution in [0.4, 0.5) is 15.9 Å². The number of ketones is 1. The Morgan fingerprint density at radius 3 is 2.45 bits per heavy atom. The zero-order valence-corrected chi connectivity index (χ0v) is 15.7. The molecule has 0 saturated heterocycles. The number of hydrogen-bond acceptors (Lipinski definition) is 4. The van der Waals surface area contributed by atoms with Gasteiger partial charge in [-0.2, -0.15) is 0 Å². The second-order valence-electron chi connectivity index (χ2n) is 6.88. The predicted molar refractivity (Wildman–Crippen MR) is 108 cm³/mol. The molecule has 1 amide bonds. The molecule has 146 valence electrons. The molecule has 0 unspecified atom stereocenters. The van der Waals surface area contributed by atoms with Gasteiger partial charge in [0.2, 0.25) is 5.91 Å². The van der Waals surface area contributed by atoms with Gasteiger partial charge in [0, 0.05) is 30.8 Å². The molecular weight excluding hydrogens is 373 g/mol. The number of rotatable bonds is 3. The quantitative estimate of drug-likeness (QED) is 0.696. The first-order valence-electron chi connectivity index (χ1n) is 9.10. The van der Waals surface area contributed by atoms with E-state index in [4.69, 9.17) is 5.73 Å². The summed E-state index contributed by atoms with van der Waals surface area (Å²) in [6, 6.07) is 13.1. The molecule has 0 atom stereocenters. The summed E-state index contributed by atoms with van der Waals surface area (Å²) in [5.41, 5.74) is 8.52. The van der Waals surface area contributed by atoms with Crippen LogP contribution < -0.4 is 16.2 Å². The van der Waals surface area contributed by atoms with E-state index in [1.54, 1.807) is 17.0 Å². The van der Waals surface area contributed by atoms with Gasteiger partial charge in [0.25, 0.3) is 5.56 Å². The van der Waals surface area contributed by atoms with Gasteiger partial charge in [-0.25, -0.2) is 4.39 Å². The minimum atomic E-state index is -0.447. The fraction of sp³-hybridized carbons (Fsp3) is 0.136. The highest BCUT2D eigenvalue weighted by molar-refractivity contribution is 6.11. The van der Waals surface area contributed by atoms with Crippen molar-refractivity contribution in [3.63, 3.8) is 0 Å². The molecule has 0 bridgehead atoms. The number of nitrogens with two attached hydrogens (primary N) is 1. The smallest absolute Gasteiger partial charge is 0.256 e. The van der Waals surface area contributed by atoms with Crippen LogP contribution >= 0.6 is 0 Å². The van der Waals surface area contributed by atoms with Crippen LogP contribution in [-0.4, -0.2) is 22.8 Å². The lowest BCUT2D eigenvalue weighted by atomic mass is 10.0. The first-order valence-corrected chi connectivity index (χ1v) is 9.10. The molecule has 6 nitrogen and oxygen atoms in total. The van der Waals surface area contributed by atoms with Crippen molar-refractivity contribution in [2.24, 2.45) is 0 Å². The van der Waals surface area contributed by atoms with Gasteiger partial charge in [0.15, 0.2) is 5.78 Å². The van der Waals surface area contributed by atoms with Crippen LogP contribution in [0.2, 0.25) is 0 Å². The van der Waals surface area contributed by atoms with E-state index in [2.05, 4.69) is 0 Å². The summed E-state index contributed by atoms with van der Waals surface area (Å²) in [6.07, 6.45) is 0.672. The van der Waals surface area contributed by atoms with Gasteiger partial charge in [0.1, 0.15) is 11.6 Å². The van der Waals surface area contributed by atoms with Crippen molar-refractivity contribution < 1.29 is 14.0 Å². The summed E-state index contributed by atoms with van der Waals surface area (Å²) in [5, 5.41) is 0. The minimum Gasteiger partial charge on any atom is -0.384 e. The van der Waals surface area contributed by atoms with E-state index < -0.39 is 11.6 Å². The summed E-state index contributed by atoms with van der Waals surface area (Å²) >= 11 is 0. The van der Waals surface area contributed by atoms with Gasteiger partial charge >= 0.3 is 0 Å². The van der Waals surface area contributed by atoms with Crippen LogP contribution in [0.1, 0.15) is 28.4 Å². The Bertz CT molecular complexity index is 1200. The Morgan fingerprint density at radius 1 is 1.03 bits per heavy atom. The molecule has 0 spiro atoms. The highest BCUT2D eigenvalue weighted by Gasteiger charge is 2.23. The van der Waals surface area contributed by atoms with Crippen molar-refractivity contribution in [1.82, 2.24) is 4.57 Å². The number of halogens is 1. The fourth-order valence-corrected chi connectivity index (χ4v) is 3.62. The molecule has 1 aromatic heterocycles. The first kappa shape index (κ1) is 18.6. The van der Waals surface area contributed by atoms with Crippen molar-refractivity contribution in [2.75, 3.05) is 17.2 Å². The van der Waals surface area contributed by atoms with E-state index in [9.17, 15) is 18.8 Å². The second-order valence-corrected chi connectivity index (χ2v) is 6.88. The van der Waals surface area contributed by atoms with Gasteiger partial charge in [-0.1, -0.05) is 0 Å². The summed E-state index contributed by atoms with van der Waals surface area (Å²) in [7, 11) is 0. The first-order chi connectivity index (χ1) is 13.9. The summed E-state index contributed by atoms with van der Waals surface area (Å²) < 4.78 is 14.4. The number of aromatic nitrogens is 1. The molecule has 2 heterocycles. The van der Waals surface area contributed by atoms with E-state index >= 15 is 0 Å². The summed E-state index contributed by atoms with van der Waals surface area (Å²) in [4.78, 5) is 38.8. The number of benzene rings is 2. The lowest BCUT2D eigenvalue weighted by Crippen LogP contribution is -2.26. The Morgan fingerprint density at radius 2 is 1.76 bits per heavy atom. The molecule has 0 aliphatic carbocycles. The Balaban J connectivity index is 1.79. The van der Waals surface area contributed by atoms with E-state index in [0.717, 1.165) is 11.3 Å². The number of anilines is 2. The van der Waals surface area contributed by atoms with Crippen LogP contribution in [0.15, 0.2) is 59.4 Å². The van der Waals surface area contributed by atoms with Crippen molar-refractivity contribution in [1.29, 1.82) is 0 Å². The monoisotopic (exact) mass is 391 g/mol. The number of hydrogen-bond donors (Lipinski definition) is 1. The second kappa shape index (κ2) is 7.01. The lowest BCUT2D eigenvalue weighted by molar-refractivity contribution is -0.116. The predicted octanol–water partition coefficient (Wildman–Crippen LogP) is 2.70. The number of pyridine rings is 1. The highest BCUT2D eigenvalue weighted by Crippen LogP contribution is 2.30. The number of carbonyl (C=O) groups excluding carboxylic acids is 2. The zero-order valence-electron chi connectivity index (χ0n) is 15.7. The standard InChI is InChI=1S/C22H18FN3O3/c1-13(27)25-11-10-15-12-17(6-8-19(15)25)26-20(28)9-7-18(22(26)24)21(29)14-2-4-16(23)5-3-14/h2-9,12H,10-11,24H2,1H3. The molecule has 1 aliphatic heterocycles. The van der Waals surface area contributed by atoms with E-state index in [0.29, 0.717) is 18.7 Å². The third kappa shape index (κ3) is 3.20. The number of carbonyl (C=O) groups is 2. The average molecular weight is 391 g/mol. The third-order valence-electron chi connectivity index (χ3n) is 5.08. The zero-order chi connectivity index (χ0) is 20.7. The van der Waals surface area contributed by atoms with Crippen LogP contribution in [0.3, 0.4) is 0 Å². The largest absolute Gasteiger partial charge is 0.384 e. The maximum absolute atomic E-state index is 13.2. The van der Waals surface area contributed by atoms with E-state index in [1.807, 2.05) is 6.07 Å². The lowest BCUT2D eigenvalue weighted by Gasteiger charge is -2.16. The van der Waals surface area contributed by atoms with E-state index in [1.165, 1.54) is 47.9 Å². The van der Waals surface area contributed by atoms with Crippen molar-refractivity contribution >= 4 is 23.2 Å². The molecule has 1 aliphatic rings. The van der Waals surface area contributed by atoms with Crippen LogP contribution in [0.25, 0.3) is 5.69 Å². The number of fused-ring (bicyclic) bond motifs is 1. The Kier molecular flexibility index (Phi) is 4.50. The summed E-state index contributed by atoms with van der Waals surface area (Å²) in [6.45, 7) is 2.09. The topological polar surface area (TPSA) is 85.4 Å². The average Bonchev–Trinajstić information content (AvgIpc) is 3.12. The highest BCUT2D eigenvalue weighted by atomic mass is 19.1. The molecule has 0 saturated carbocycles. The third-order valence-corrected chi connectivity index (χ3v) is 5.08. The Labute approximate surface area is 166 Å². The minimum absolute atomic E-state index is 0.00759. The molecular formula is C22H18FN3O3. The molecule has 0 fully saturated rings. The van der Waals surface area contributed by atoms with Crippen molar-refractivity contribution in [3.05, 3.63) is 87.5 Å². The van der Waals surface area contributed by atoms with E-state index in [-0.39, 0.29) is 28.4 Å². The van der Waals surface area contributed by atoms with Crippen LogP contribution in [0, 0.1) is 5.82 Å². The molecule has 29 heavy (non-hydrogen) atoms. The maximum Gasteiger partial charge on any atom is 0.256 e. The molecule has 3 aromatic rings. The van der Waals surface area contributed by atoms with Gasteiger partial charge < -0.3 is 10.6 Å². The normalized spacial score (nSPS) is 12.7. The van der Waals surface area contributed by atoms with Gasteiger partial charge in [-0.3, -0.25) is 19.0 Å².